The largest absolute Gasteiger partial charge is 0.295 e. The average molecular weight is 251 g/mol. The van der Waals surface area contributed by atoms with Gasteiger partial charge in [-0.25, -0.2) is 0 Å². The number of ketones is 1. The lowest BCUT2D eigenvalue weighted by Gasteiger charge is -2.38. The van der Waals surface area contributed by atoms with E-state index in [1.807, 2.05) is 18.2 Å². The third kappa shape index (κ3) is 2.55. The fourth-order valence-corrected chi connectivity index (χ4v) is 2.87. The molecule has 0 aromatic heterocycles. The monoisotopic (exact) mass is 250 g/mol. The van der Waals surface area contributed by atoms with Crippen molar-refractivity contribution in [3.05, 3.63) is 34.3 Å². The Balaban J connectivity index is 2.11. The van der Waals surface area contributed by atoms with Gasteiger partial charge in [0.25, 0.3) is 0 Å². The molecule has 0 unspecified atom stereocenters. The van der Waals surface area contributed by atoms with Crippen molar-refractivity contribution < 1.29 is 4.79 Å². The molecule has 1 nitrogen and oxygen atoms in total. The van der Waals surface area contributed by atoms with E-state index in [2.05, 4.69) is 13.8 Å². The van der Waals surface area contributed by atoms with Gasteiger partial charge in [-0.15, -0.1) is 0 Å². The summed E-state index contributed by atoms with van der Waals surface area (Å²) in [6.45, 7) is 6.13. The Morgan fingerprint density at radius 3 is 2.47 bits per heavy atom. The maximum atomic E-state index is 11.2. The first-order valence-corrected chi connectivity index (χ1v) is 6.67. The topological polar surface area (TPSA) is 17.1 Å². The van der Waals surface area contributed by atoms with E-state index in [1.165, 1.54) is 18.4 Å². The molecular formula is C15H19ClO. The molecule has 0 atom stereocenters. The summed E-state index contributed by atoms with van der Waals surface area (Å²) in [5.41, 5.74) is 1.92. The van der Waals surface area contributed by atoms with E-state index in [1.54, 1.807) is 6.92 Å². The number of hydrogen-bond acceptors (Lipinski definition) is 1. The van der Waals surface area contributed by atoms with Crippen LogP contribution in [0, 0.1) is 11.8 Å². The number of carbonyl (C=O) groups excluding carboxylic acids is 1. The second-order valence-electron chi connectivity index (χ2n) is 5.46. The molecule has 0 bridgehead atoms. The van der Waals surface area contributed by atoms with Crippen molar-refractivity contribution >= 4 is 17.4 Å². The highest BCUT2D eigenvalue weighted by Gasteiger charge is 2.33. The molecule has 0 saturated heterocycles. The summed E-state index contributed by atoms with van der Waals surface area (Å²) in [5.74, 6) is 2.27. The maximum Gasteiger partial charge on any atom is 0.159 e. The minimum atomic E-state index is 0.0760. The van der Waals surface area contributed by atoms with Gasteiger partial charge in [0.1, 0.15) is 0 Å². The van der Waals surface area contributed by atoms with Gasteiger partial charge in [0, 0.05) is 10.6 Å². The Kier molecular flexibility index (Phi) is 3.58. The summed E-state index contributed by atoms with van der Waals surface area (Å²) in [6, 6.07) is 5.73. The molecular weight excluding hydrogens is 232 g/mol. The van der Waals surface area contributed by atoms with Crippen LogP contribution in [0.1, 0.15) is 55.5 Å². The second-order valence-corrected chi connectivity index (χ2v) is 5.87. The van der Waals surface area contributed by atoms with E-state index in [4.69, 9.17) is 11.6 Å². The molecule has 1 aliphatic carbocycles. The van der Waals surface area contributed by atoms with Crippen molar-refractivity contribution in [2.75, 3.05) is 0 Å². The molecule has 1 saturated carbocycles. The lowest BCUT2D eigenvalue weighted by Crippen LogP contribution is -2.26. The summed E-state index contributed by atoms with van der Waals surface area (Å²) in [7, 11) is 0. The molecule has 0 heterocycles. The van der Waals surface area contributed by atoms with Gasteiger partial charge >= 0.3 is 0 Å². The van der Waals surface area contributed by atoms with Gasteiger partial charge < -0.3 is 0 Å². The highest BCUT2D eigenvalue weighted by Crippen LogP contribution is 2.47. The van der Waals surface area contributed by atoms with Crippen LogP contribution < -0.4 is 0 Å². The number of hydrogen-bond donors (Lipinski definition) is 0. The van der Waals surface area contributed by atoms with Crippen molar-refractivity contribution in [3.63, 3.8) is 0 Å². The number of rotatable bonds is 3. The molecule has 1 aliphatic rings. The van der Waals surface area contributed by atoms with E-state index in [0.717, 1.165) is 16.9 Å². The van der Waals surface area contributed by atoms with Crippen molar-refractivity contribution in [1.29, 1.82) is 0 Å². The SMILES string of the molecule is CC(=O)c1ccc(C2CC(C(C)C)C2)c(Cl)c1. The van der Waals surface area contributed by atoms with Gasteiger partial charge in [0.2, 0.25) is 0 Å². The van der Waals surface area contributed by atoms with Gasteiger partial charge in [-0.1, -0.05) is 37.6 Å². The van der Waals surface area contributed by atoms with Crippen molar-refractivity contribution in [1.82, 2.24) is 0 Å². The first-order chi connectivity index (χ1) is 7.99. The van der Waals surface area contributed by atoms with Gasteiger partial charge in [0.15, 0.2) is 5.78 Å². The highest BCUT2D eigenvalue weighted by atomic mass is 35.5. The summed E-state index contributed by atoms with van der Waals surface area (Å²) < 4.78 is 0. The van der Waals surface area contributed by atoms with Crippen LogP contribution in [0.4, 0.5) is 0 Å². The number of Topliss-reactive ketones (excluding diaryl/α,β-unsaturated/α-hetero) is 1. The standard InChI is InChI=1S/C15H19ClO/c1-9(2)12-6-13(7-12)14-5-4-11(10(3)17)8-15(14)16/h4-5,8-9,12-13H,6-7H2,1-3H3. The Morgan fingerprint density at radius 1 is 1.35 bits per heavy atom. The van der Waals surface area contributed by atoms with E-state index < -0.39 is 0 Å². The molecule has 92 valence electrons. The van der Waals surface area contributed by atoms with E-state index in [-0.39, 0.29) is 5.78 Å². The van der Waals surface area contributed by atoms with Gasteiger partial charge in [-0.05, 0) is 49.1 Å². The normalized spacial score (nSPS) is 23.6. The molecule has 2 rings (SSSR count). The molecule has 0 aliphatic heterocycles. The van der Waals surface area contributed by atoms with Crippen LogP contribution in [0.25, 0.3) is 0 Å². The van der Waals surface area contributed by atoms with Gasteiger partial charge in [-0.3, -0.25) is 4.79 Å². The van der Waals surface area contributed by atoms with Crippen LogP contribution >= 0.6 is 11.6 Å². The van der Waals surface area contributed by atoms with Crippen molar-refractivity contribution in [2.45, 2.75) is 39.5 Å². The van der Waals surface area contributed by atoms with Crippen molar-refractivity contribution in [3.8, 4) is 0 Å². The molecule has 1 fully saturated rings. The second kappa shape index (κ2) is 4.81. The zero-order valence-corrected chi connectivity index (χ0v) is 11.4. The average Bonchev–Trinajstić information content (AvgIpc) is 2.17. The van der Waals surface area contributed by atoms with Crippen LogP contribution in [0.15, 0.2) is 18.2 Å². The molecule has 1 aromatic rings. The Bertz CT molecular complexity index is 431. The lowest BCUT2D eigenvalue weighted by atomic mass is 9.67. The summed E-state index contributed by atoms with van der Waals surface area (Å²) >= 11 is 6.26. The zero-order valence-electron chi connectivity index (χ0n) is 10.7. The minimum Gasteiger partial charge on any atom is -0.295 e. The van der Waals surface area contributed by atoms with Crippen LogP contribution in [0.5, 0.6) is 0 Å². The molecule has 0 N–H and O–H groups in total. The fourth-order valence-electron chi connectivity index (χ4n) is 2.54. The predicted molar refractivity (Wildman–Crippen MR) is 71.8 cm³/mol. The first-order valence-electron chi connectivity index (χ1n) is 6.29. The van der Waals surface area contributed by atoms with E-state index in [9.17, 15) is 4.79 Å². The van der Waals surface area contributed by atoms with Gasteiger partial charge in [-0.2, -0.15) is 0 Å². The smallest absolute Gasteiger partial charge is 0.159 e. The lowest BCUT2D eigenvalue weighted by molar-refractivity contribution is 0.101. The van der Waals surface area contributed by atoms with Crippen molar-refractivity contribution in [2.24, 2.45) is 11.8 Å². The zero-order chi connectivity index (χ0) is 12.6. The fraction of sp³-hybridized carbons (Fsp3) is 0.533. The van der Waals surface area contributed by atoms with E-state index in [0.29, 0.717) is 11.5 Å². The summed E-state index contributed by atoms with van der Waals surface area (Å²) in [5, 5.41) is 0.755. The molecule has 2 heteroatoms. The summed E-state index contributed by atoms with van der Waals surface area (Å²) in [4.78, 5) is 11.2. The number of halogens is 1. The third-order valence-electron chi connectivity index (χ3n) is 3.96. The predicted octanol–water partition coefficient (Wildman–Crippen LogP) is 4.69. The highest BCUT2D eigenvalue weighted by molar-refractivity contribution is 6.31. The molecule has 1 aromatic carbocycles. The summed E-state index contributed by atoms with van der Waals surface area (Å²) in [6.07, 6.45) is 2.47. The Labute approximate surface area is 108 Å². The number of carbonyl (C=O) groups is 1. The first kappa shape index (κ1) is 12.6. The van der Waals surface area contributed by atoms with Crippen LogP contribution in [-0.4, -0.2) is 5.78 Å². The minimum absolute atomic E-state index is 0.0760. The van der Waals surface area contributed by atoms with Crippen LogP contribution in [0.3, 0.4) is 0 Å². The maximum absolute atomic E-state index is 11.2. The Hall–Kier alpha value is -0.820. The number of benzene rings is 1. The van der Waals surface area contributed by atoms with E-state index >= 15 is 0 Å². The molecule has 0 radical (unpaired) electrons. The van der Waals surface area contributed by atoms with Gasteiger partial charge in [0.05, 0.1) is 0 Å². The van der Waals surface area contributed by atoms with Crippen LogP contribution in [-0.2, 0) is 0 Å². The quantitative estimate of drug-likeness (QED) is 0.711. The molecule has 0 spiro atoms. The molecule has 17 heavy (non-hydrogen) atoms. The molecule has 0 amide bonds. The third-order valence-corrected chi connectivity index (χ3v) is 4.29. The van der Waals surface area contributed by atoms with Crippen LogP contribution in [0.2, 0.25) is 5.02 Å². The Morgan fingerprint density at radius 2 is 2.00 bits per heavy atom.